The molecule has 0 spiro atoms. The van der Waals surface area contributed by atoms with Crippen LogP contribution in [0.5, 0.6) is 0 Å². The van der Waals surface area contributed by atoms with Gasteiger partial charge in [0.2, 0.25) is 11.8 Å². The summed E-state index contributed by atoms with van der Waals surface area (Å²) in [7, 11) is 1.32. The molecule has 0 aliphatic carbocycles. The van der Waals surface area contributed by atoms with E-state index in [9.17, 15) is 14.4 Å². The Hall–Kier alpha value is -4.45. The first-order valence-corrected chi connectivity index (χ1v) is 20.3. The lowest BCUT2D eigenvalue weighted by Gasteiger charge is -2.16. The number of unbranched alkanes of at least 4 members (excludes halogenated alkanes) is 1. The molecular formula is C48H72N2O4. The maximum atomic E-state index is 12.5. The van der Waals surface area contributed by atoms with Crippen molar-refractivity contribution < 1.29 is 19.1 Å². The molecule has 0 aromatic heterocycles. The van der Waals surface area contributed by atoms with E-state index in [0.717, 1.165) is 83.5 Å². The van der Waals surface area contributed by atoms with E-state index in [1.807, 2.05) is 12.2 Å². The average Bonchev–Trinajstić information content (AvgIpc) is 3.17. The van der Waals surface area contributed by atoms with Crippen LogP contribution in [0, 0.1) is 0 Å². The zero-order chi connectivity index (χ0) is 39.4. The average molecular weight is 741 g/mol. The highest BCUT2D eigenvalue weighted by Crippen LogP contribution is 2.04. The van der Waals surface area contributed by atoms with Crippen LogP contribution in [-0.4, -0.2) is 37.5 Å². The molecule has 0 aliphatic heterocycles. The number of hydrogen-bond acceptors (Lipinski definition) is 4. The number of allylic oxidation sites excluding steroid dienone is 22. The van der Waals surface area contributed by atoms with Crippen LogP contribution in [0.2, 0.25) is 0 Å². The molecule has 0 aromatic carbocycles. The van der Waals surface area contributed by atoms with Gasteiger partial charge in [0.15, 0.2) is 0 Å². The Morgan fingerprint density at radius 3 is 1.22 bits per heavy atom. The molecule has 2 amide bonds. The van der Waals surface area contributed by atoms with Gasteiger partial charge in [-0.15, -0.1) is 0 Å². The van der Waals surface area contributed by atoms with Gasteiger partial charge in [-0.1, -0.05) is 148 Å². The first-order chi connectivity index (χ1) is 26.5. The summed E-state index contributed by atoms with van der Waals surface area (Å²) in [6.45, 7) is 4.74. The second kappa shape index (κ2) is 41.3. The maximum absolute atomic E-state index is 12.5. The third kappa shape index (κ3) is 37.3. The summed E-state index contributed by atoms with van der Waals surface area (Å²) >= 11 is 0. The smallest absolute Gasteiger partial charge is 0.328 e. The molecule has 0 radical (unpaired) electrons. The molecule has 0 saturated carbocycles. The summed E-state index contributed by atoms with van der Waals surface area (Å²) in [6, 6.07) is -0.722. The van der Waals surface area contributed by atoms with Crippen LogP contribution in [-0.2, 0) is 19.1 Å². The van der Waals surface area contributed by atoms with Crippen molar-refractivity contribution in [1.29, 1.82) is 0 Å². The number of methoxy groups -OCH3 is 1. The zero-order valence-electron chi connectivity index (χ0n) is 33.8. The molecule has 1 atom stereocenters. The SMILES string of the molecule is CCC=CCC=CCC=CCC=CCC=CCC=CCCC(=O)N[C@@H](CCCNC(=O)CCCC=CCC=CCC=CCC=CCC=CCC)C(=O)OC. The van der Waals surface area contributed by atoms with Crippen LogP contribution < -0.4 is 10.6 Å². The van der Waals surface area contributed by atoms with E-state index in [4.69, 9.17) is 4.74 Å². The first kappa shape index (κ1) is 49.6. The number of amides is 2. The minimum Gasteiger partial charge on any atom is -0.467 e. The van der Waals surface area contributed by atoms with Gasteiger partial charge >= 0.3 is 5.97 Å². The molecular weight excluding hydrogens is 669 g/mol. The van der Waals surface area contributed by atoms with Crippen molar-refractivity contribution in [3.05, 3.63) is 134 Å². The zero-order valence-corrected chi connectivity index (χ0v) is 33.8. The first-order valence-electron chi connectivity index (χ1n) is 20.3. The summed E-state index contributed by atoms with van der Waals surface area (Å²) in [4.78, 5) is 36.9. The normalized spacial score (nSPS) is 13.5. The predicted molar refractivity (Wildman–Crippen MR) is 232 cm³/mol. The third-order valence-electron chi connectivity index (χ3n) is 7.88. The quantitative estimate of drug-likeness (QED) is 0.0399. The summed E-state index contributed by atoms with van der Waals surface area (Å²) in [5.74, 6) is -0.665. The number of rotatable bonds is 33. The largest absolute Gasteiger partial charge is 0.467 e. The van der Waals surface area contributed by atoms with Crippen molar-refractivity contribution in [1.82, 2.24) is 10.6 Å². The molecule has 298 valence electrons. The fraction of sp³-hybridized carbons (Fsp3) is 0.479. The van der Waals surface area contributed by atoms with Gasteiger partial charge in [0.1, 0.15) is 6.04 Å². The van der Waals surface area contributed by atoms with Crippen molar-refractivity contribution in [3.8, 4) is 0 Å². The fourth-order valence-corrected chi connectivity index (χ4v) is 4.88. The molecule has 0 saturated heterocycles. The minimum atomic E-state index is -0.722. The number of hydrogen-bond donors (Lipinski definition) is 2. The van der Waals surface area contributed by atoms with E-state index in [0.29, 0.717) is 38.6 Å². The summed E-state index contributed by atoms with van der Waals surface area (Å²) in [5.41, 5.74) is 0. The van der Waals surface area contributed by atoms with Crippen molar-refractivity contribution >= 4 is 17.8 Å². The van der Waals surface area contributed by atoms with E-state index in [1.54, 1.807) is 0 Å². The monoisotopic (exact) mass is 741 g/mol. The molecule has 0 aromatic rings. The van der Waals surface area contributed by atoms with Crippen LogP contribution in [0.15, 0.2) is 134 Å². The topological polar surface area (TPSA) is 84.5 Å². The van der Waals surface area contributed by atoms with E-state index in [-0.39, 0.29) is 11.8 Å². The third-order valence-corrected chi connectivity index (χ3v) is 7.88. The summed E-state index contributed by atoms with van der Waals surface area (Å²) in [5, 5.41) is 5.70. The molecule has 0 aliphatic rings. The maximum Gasteiger partial charge on any atom is 0.328 e. The molecule has 2 N–H and O–H groups in total. The number of esters is 1. The van der Waals surface area contributed by atoms with Crippen LogP contribution in [0.1, 0.15) is 129 Å². The molecule has 0 bridgehead atoms. The van der Waals surface area contributed by atoms with E-state index >= 15 is 0 Å². The Bertz CT molecular complexity index is 1270. The standard InChI is InChI=1S/C48H72N2O4/c1-4-6-8-10-12-14-16-18-20-22-23-25-27-29-31-33-35-37-39-43-47(52)50-45(48(53)54-3)41-40-44-49-46(51)42-38-36-34-32-30-28-26-24-21-19-17-15-13-11-9-7-5-2/h6-9,12-15,18-21,23,25-26,28-29,31-32,34-35,37,45H,4-5,10-11,16-17,22,24,27,30,33,36,38-44H2,1-3H3,(H,49,51)(H,50,52)/t45-/m0/s1. The Morgan fingerprint density at radius 1 is 0.463 bits per heavy atom. The summed E-state index contributed by atoms with van der Waals surface area (Å²) in [6.07, 6.45) is 62.2. The van der Waals surface area contributed by atoms with Gasteiger partial charge in [0, 0.05) is 19.4 Å². The van der Waals surface area contributed by atoms with Crippen molar-refractivity contribution in [3.63, 3.8) is 0 Å². The van der Waals surface area contributed by atoms with Crippen LogP contribution in [0.3, 0.4) is 0 Å². The van der Waals surface area contributed by atoms with Crippen LogP contribution in [0.4, 0.5) is 0 Å². The highest BCUT2D eigenvalue weighted by molar-refractivity contribution is 5.84. The second-order valence-corrected chi connectivity index (χ2v) is 12.7. The van der Waals surface area contributed by atoms with Gasteiger partial charge in [0.25, 0.3) is 0 Å². The van der Waals surface area contributed by atoms with Crippen molar-refractivity contribution in [2.24, 2.45) is 0 Å². The van der Waals surface area contributed by atoms with Gasteiger partial charge in [-0.2, -0.15) is 0 Å². The Kier molecular flexibility index (Phi) is 37.9. The molecule has 0 unspecified atom stereocenters. The van der Waals surface area contributed by atoms with Gasteiger partial charge in [0.05, 0.1) is 7.11 Å². The number of ether oxygens (including phenoxy) is 1. The lowest BCUT2D eigenvalue weighted by Crippen LogP contribution is -2.42. The summed E-state index contributed by atoms with van der Waals surface area (Å²) < 4.78 is 4.89. The fourth-order valence-electron chi connectivity index (χ4n) is 4.88. The predicted octanol–water partition coefficient (Wildman–Crippen LogP) is 11.9. The van der Waals surface area contributed by atoms with Crippen molar-refractivity contribution in [2.45, 2.75) is 135 Å². The minimum absolute atomic E-state index is 0.00243. The lowest BCUT2D eigenvalue weighted by atomic mass is 10.1. The van der Waals surface area contributed by atoms with Gasteiger partial charge in [-0.25, -0.2) is 4.79 Å². The van der Waals surface area contributed by atoms with E-state index in [2.05, 4.69) is 146 Å². The number of nitrogens with one attached hydrogen (secondary N) is 2. The molecule has 0 fully saturated rings. The van der Waals surface area contributed by atoms with Crippen LogP contribution in [0.25, 0.3) is 0 Å². The molecule has 0 heterocycles. The van der Waals surface area contributed by atoms with E-state index < -0.39 is 12.0 Å². The second-order valence-electron chi connectivity index (χ2n) is 12.7. The van der Waals surface area contributed by atoms with Crippen molar-refractivity contribution in [2.75, 3.05) is 13.7 Å². The number of carbonyl (C=O) groups excluding carboxylic acids is 3. The van der Waals surface area contributed by atoms with Crippen LogP contribution >= 0.6 is 0 Å². The number of carbonyl (C=O) groups is 3. The van der Waals surface area contributed by atoms with Gasteiger partial charge in [-0.05, 0) is 103 Å². The van der Waals surface area contributed by atoms with Gasteiger partial charge in [-0.3, -0.25) is 9.59 Å². The Morgan fingerprint density at radius 2 is 0.833 bits per heavy atom. The highest BCUT2D eigenvalue weighted by Gasteiger charge is 2.20. The Balaban J connectivity index is 4.01. The molecule has 54 heavy (non-hydrogen) atoms. The highest BCUT2D eigenvalue weighted by atomic mass is 16.5. The van der Waals surface area contributed by atoms with Gasteiger partial charge < -0.3 is 15.4 Å². The molecule has 0 rings (SSSR count). The Labute approximate surface area is 329 Å². The molecule has 6 heteroatoms. The molecule has 6 nitrogen and oxygen atoms in total. The van der Waals surface area contributed by atoms with E-state index in [1.165, 1.54) is 7.11 Å². The lowest BCUT2D eigenvalue weighted by molar-refractivity contribution is -0.145.